The second kappa shape index (κ2) is 10.9. The number of aliphatic imine (C=N–C) groups is 1. The first-order valence-corrected chi connectivity index (χ1v) is 13.5. The summed E-state index contributed by atoms with van der Waals surface area (Å²) >= 11 is 1.10. The van der Waals surface area contributed by atoms with Gasteiger partial charge in [-0.05, 0) is 66.0 Å². The molecule has 1 saturated heterocycles. The minimum atomic E-state index is -4.81. The van der Waals surface area contributed by atoms with Gasteiger partial charge in [0.15, 0.2) is 11.0 Å². The van der Waals surface area contributed by atoms with Crippen LogP contribution in [0, 0.1) is 5.82 Å². The van der Waals surface area contributed by atoms with Crippen LogP contribution in [0.5, 0.6) is 5.75 Å². The van der Waals surface area contributed by atoms with Gasteiger partial charge in [0.05, 0.1) is 22.8 Å². The van der Waals surface area contributed by atoms with Gasteiger partial charge in [-0.2, -0.15) is 4.99 Å². The van der Waals surface area contributed by atoms with Crippen molar-refractivity contribution in [2.45, 2.75) is 6.36 Å². The number of hydrogen-bond donors (Lipinski definition) is 1. The third-order valence-corrected chi connectivity index (χ3v) is 7.31. The molecule has 6 rings (SSSR count). The number of nitrogens with zero attached hydrogens (tertiary/aromatic N) is 6. The number of amides is 3. The molecule has 0 aliphatic carbocycles. The van der Waals surface area contributed by atoms with Crippen molar-refractivity contribution in [1.82, 2.24) is 19.3 Å². The number of urea groups is 1. The molecule has 218 valence electrons. The van der Waals surface area contributed by atoms with E-state index in [9.17, 15) is 27.2 Å². The number of aromatic nitrogens is 4. The van der Waals surface area contributed by atoms with E-state index in [4.69, 9.17) is 0 Å². The fraction of sp³-hybridized carbons (Fsp3) is 0.107. The second-order valence-corrected chi connectivity index (χ2v) is 10.2. The molecule has 0 unspecified atom stereocenters. The molecule has 43 heavy (non-hydrogen) atoms. The third-order valence-electron chi connectivity index (χ3n) is 6.39. The van der Waals surface area contributed by atoms with Gasteiger partial charge >= 0.3 is 12.4 Å². The van der Waals surface area contributed by atoms with Gasteiger partial charge in [0.2, 0.25) is 5.91 Å². The summed E-state index contributed by atoms with van der Waals surface area (Å²) < 4.78 is 59.2. The number of carbonyl (C=O) groups is 2. The van der Waals surface area contributed by atoms with E-state index in [2.05, 4.69) is 25.1 Å². The number of ether oxygens (including phenoxy) is 1. The van der Waals surface area contributed by atoms with Crippen molar-refractivity contribution in [3.05, 3.63) is 85.1 Å². The number of hydrogen-bond acceptors (Lipinski definition) is 6. The first kappa shape index (κ1) is 28.0. The number of anilines is 2. The summed E-state index contributed by atoms with van der Waals surface area (Å²) in [7, 11) is 1.88. The topological polar surface area (TPSA) is 107 Å². The zero-order valence-electron chi connectivity index (χ0n) is 22.0. The number of carbonyl (C=O) groups excluding carboxylic acids is 2. The Balaban J connectivity index is 1.16. The average molecular weight is 610 g/mol. The molecule has 15 heteroatoms. The molecule has 5 aromatic rings. The van der Waals surface area contributed by atoms with Crippen LogP contribution in [0.15, 0.2) is 84.2 Å². The minimum Gasteiger partial charge on any atom is -0.406 e. The Labute approximate surface area is 244 Å². The summed E-state index contributed by atoms with van der Waals surface area (Å²) in [4.78, 5) is 34.9. The maximum Gasteiger partial charge on any atom is 0.573 e. The van der Waals surface area contributed by atoms with Crippen LogP contribution in [0.4, 0.5) is 33.7 Å². The van der Waals surface area contributed by atoms with Gasteiger partial charge in [-0.15, -0.1) is 18.3 Å². The van der Waals surface area contributed by atoms with Crippen LogP contribution < -0.4 is 15.0 Å². The van der Waals surface area contributed by atoms with Crippen molar-refractivity contribution >= 4 is 51.1 Å². The quantitative estimate of drug-likeness (QED) is 0.240. The highest BCUT2D eigenvalue weighted by Crippen LogP contribution is 2.30. The highest BCUT2D eigenvalue weighted by Gasteiger charge is 2.32. The number of alkyl halides is 3. The monoisotopic (exact) mass is 609 g/mol. The van der Waals surface area contributed by atoms with E-state index in [0.717, 1.165) is 40.9 Å². The second-order valence-electron chi connectivity index (χ2n) is 9.26. The number of nitrogens with one attached hydrogen (secondary N) is 1. The van der Waals surface area contributed by atoms with Crippen LogP contribution in [-0.4, -0.2) is 48.6 Å². The number of amidine groups is 1. The lowest BCUT2D eigenvalue weighted by Crippen LogP contribution is -2.30. The minimum absolute atomic E-state index is 0.103. The Morgan fingerprint density at radius 1 is 1.05 bits per heavy atom. The van der Waals surface area contributed by atoms with Gasteiger partial charge in [-0.1, -0.05) is 17.8 Å². The van der Waals surface area contributed by atoms with Crippen LogP contribution in [0.1, 0.15) is 0 Å². The van der Waals surface area contributed by atoms with Gasteiger partial charge < -0.3 is 14.6 Å². The van der Waals surface area contributed by atoms with E-state index in [1.807, 2.05) is 36.0 Å². The number of benzene rings is 3. The smallest absolute Gasteiger partial charge is 0.406 e. The Hall–Kier alpha value is -5.18. The molecule has 3 aromatic carbocycles. The lowest BCUT2D eigenvalue weighted by molar-refractivity contribution is -0.274. The number of rotatable bonds is 5. The van der Waals surface area contributed by atoms with Crippen LogP contribution in [0.3, 0.4) is 0 Å². The van der Waals surface area contributed by atoms with E-state index in [0.29, 0.717) is 11.4 Å². The van der Waals surface area contributed by atoms with Crippen LogP contribution >= 0.6 is 11.8 Å². The number of aryl methyl sites for hydroxylation is 1. The van der Waals surface area contributed by atoms with Gasteiger partial charge in [0.25, 0.3) is 0 Å². The van der Waals surface area contributed by atoms with Crippen molar-refractivity contribution in [3.8, 4) is 22.8 Å². The molecule has 0 saturated carbocycles. The Morgan fingerprint density at radius 2 is 1.81 bits per heavy atom. The van der Waals surface area contributed by atoms with E-state index in [1.54, 1.807) is 6.07 Å². The summed E-state index contributed by atoms with van der Waals surface area (Å²) in [5.41, 5.74) is 2.00. The normalized spacial score (nSPS) is 14.6. The molecule has 1 N–H and O–H groups in total. The molecule has 2 aromatic heterocycles. The first-order chi connectivity index (χ1) is 20.5. The summed E-state index contributed by atoms with van der Waals surface area (Å²) in [6.45, 7) is 0. The van der Waals surface area contributed by atoms with Gasteiger partial charge in [0.1, 0.15) is 17.9 Å². The summed E-state index contributed by atoms with van der Waals surface area (Å²) in [5.74, 6) is -1.17. The highest BCUT2D eigenvalue weighted by molar-refractivity contribution is 8.15. The Kier molecular flexibility index (Phi) is 7.09. The zero-order chi connectivity index (χ0) is 30.3. The fourth-order valence-corrected chi connectivity index (χ4v) is 5.26. The van der Waals surface area contributed by atoms with Crippen LogP contribution in [0.25, 0.3) is 28.0 Å². The van der Waals surface area contributed by atoms with Crippen molar-refractivity contribution in [3.63, 3.8) is 0 Å². The molecule has 10 nitrogen and oxygen atoms in total. The molecular formula is C28H19F4N7O3S. The molecule has 0 atom stereocenters. The number of thioether (sulfide) groups is 1. The molecule has 0 spiro atoms. The van der Waals surface area contributed by atoms with Gasteiger partial charge in [-0.25, -0.2) is 18.9 Å². The standard InChI is InChI=1S/C28H19F4N7O3S/c1-37-11-10-16-2-4-19(13-23(16)37)39-24(40)14-43-27(39)35-26(41)34-22-9-3-17(12-21(22)29)25-33-15-38(36-25)18-5-7-20(8-6-18)42-28(30,31)32/h2-13,15H,14H2,1H3,(H,34,41)/b35-27-. The molecule has 3 heterocycles. The van der Waals surface area contributed by atoms with Crippen LogP contribution in [-0.2, 0) is 11.8 Å². The largest absolute Gasteiger partial charge is 0.573 e. The average Bonchev–Trinajstić information content (AvgIpc) is 3.68. The predicted octanol–water partition coefficient (Wildman–Crippen LogP) is 6.13. The van der Waals surface area contributed by atoms with Crippen molar-refractivity contribution in [2.24, 2.45) is 12.0 Å². The Bertz CT molecular complexity index is 1900. The molecule has 0 bridgehead atoms. The molecule has 1 fully saturated rings. The zero-order valence-corrected chi connectivity index (χ0v) is 22.9. The molecule has 3 amide bonds. The highest BCUT2D eigenvalue weighted by atomic mass is 32.2. The number of halogens is 4. The summed E-state index contributed by atoms with van der Waals surface area (Å²) in [5, 5.41) is 7.80. The van der Waals surface area contributed by atoms with Crippen LogP contribution in [0.2, 0.25) is 0 Å². The van der Waals surface area contributed by atoms with E-state index < -0.39 is 18.2 Å². The Morgan fingerprint density at radius 3 is 2.56 bits per heavy atom. The maximum atomic E-state index is 15.0. The summed E-state index contributed by atoms with van der Waals surface area (Å²) in [6, 6.07) is 15.5. The first-order valence-electron chi connectivity index (χ1n) is 12.5. The van der Waals surface area contributed by atoms with Crippen molar-refractivity contribution < 1.29 is 31.9 Å². The maximum absolute atomic E-state index is 15.0. The molecule has 0 radical (unpaired) electrons. The van der Waals surface area contributed by atoms with E-state index in [-0.39, 0.29) is 39.7 Å². The van der Waals surface area contributed by atoms with Crippen molar-refractivity contribution in [2.75, 3.05) is 16.0 Å². The van der Waals surface area contributed by atoms with Gasteiger partial charge in [0, 0.05) is 24.3 Å². The lowest BCUT2D eigenvalue weighted by atomic mass is 10.2. The van der Waals surface area contributed by atoms with Gasteiger partial charge in [-0.3, -0.25) is 9.69 Å². The van der Waals surface area contributed by atoms with E-state index >= 15 is 0 Å². The number of fused-ring (bicyclic) bond motifs is 1. The van der Waals surface area contributed by atoms with E-state index in [1.165, 1.54) is 40.2 Å². The fourth-order valence-electron chi connectivity index (χ4n) is 4.39. The van der Waals surface area contributed by atoms with Crippen molar-refractivity contribution in [1.29, 1.82) is 0 Å². The summed E-state index contributed by atoms with van der Waals surface area (Å²) in [6.07, 6.45) is -1.59. The third kappa shape index (κ3) is 5.92. The predicted molar refractivity (Wildman–Crippen MR) is 153 cm³/mol. The molecule has 1 aliphatic heterocycles. The SMILES string of the molecule is Cn1ccc2ccc(N3C(=O)CS/C3=N\C(=O)Nc3ccc(-c4ncn(-c5ccc(OC(F)(F)F)cc5)n4)cc3F)cc21. The lowest BCUT2D eigenvalue weighted by Gasteiger charge is -2.16. The molecule has 1 aliphatic rings. The molecular weight excluding hydrogens is 590 g/mol.